The molecule has 2 heterocycles. The SMILES string of the molecule is O=C1Cc2cc(C(=O)NCCn3cccc3)ccc2N1. The first kappa shape index (κ1) is 12.5. The molecule has 2 N–H and O–H groups in total. The molecule has 1 aromatic heterocycles. The Hall–Kier alpha value is -2.56. The number of hydrogen-bond donors (Lipinski definition) is 2. The lowest BCUT2D eigenvalue weighted by Crippen LogP contribution is -2.27. The molecule has 2 amide bonds. The summed E-state index contributed by atoms with van der Waals surface area (Å²) >= 11 is 0. The molecule has 0 atom stereocenters. The van der Waals surface area contributed by atoms with Gasteiger partial charge >= 0.3 is 0 Å². The largest absolute Gasteiger partial charge is 0.353 e. The molecule has 102 valence electrons. The molecular weight excluding hydrogens is 254 g/mol. The first-order chi connectivity index (χ1) is 9.72. The van der Waals surface area contributed by atoms with Gasteiger partial charge in [0, 0.05) is 36.7 Å². The summed E-state index contributed by atoms with van der Waals surface area (Å²) in [6.45, 7) is 1.31. The fraction of sp³-hybridized carbons (Fsp3) is 0.200. The minimum atomic E-state index is -0.112. The summed E-state index contributed by atoms with van der Waals surface area (Å²) in [5, 5.41) is 5.63. The van der Waals surface area contributed by atoms with Crippen molar-refractivity contribution in [2.24, 2.45) is 0 Å². The Morgan fingerprint density at radius 2 is 2.10 bits per heavy atom. The molecule has 5 heteroatoms. The third-order valence-corrected chi connectivity index (χ3v) is 3.31. The number of carbonyl (C=O) groups is 2. The smallest absolute Gasteiger partial charge is 0.251 e. The lowest BCUT2D eigenvalue weighted by atomic mass is 10.1. The molecule has 2 aromatic rings. The van der Waals surface area contributed by atoms with Crippen LogP contribution in [0, 0.1) is 0 Å². The van der Waals surface area contributed by atoms with Gasteiger partial charge in [0.1, 0.15) is 0 Å². The Balaban J connectivity index is 1.60. The fourth-order valence-electron chi connectivity index (χ4n) is 2.29. The van der Waals surface area contributed by atoms with Gasteiger partial charge in [-0.05, 0) is 35.9 Å². The first-order valence-electron chi connectivity index (χ1n) is 6.54. The normalized spacial score (nSPS) is 12.9. The van der Waals surface area contributed by atoms with Gasteiger partial charge in [0.15, 0.2) is 0 Å². The van der Waals surface area contributed by atoms with E-state index in [1.165, 1.54) is 0 Å². The standard InChI is InChI=1S/C15H15N3O2/c19-14-10-12-9-11(3-4-13(12)17-14)15(20)16-5-8-18-6-1-2-7-18/h1-4,6-7,9H,5,8,10H2,(H,16,20)(H,17,19). The summed E-state index contributed by atoms with van der Waals surface area (Å²) < 4.78 is 2.01. The number of carbonyl (C=O) groups excluding carboxylic acids is 2. The molecule has 5 nitrogen and oxygen atoms in total. The van der Waals surface area contributed by atoms with Crippen LogP contribution in [0.1, 0.15) is 15.9 Å². The number of amides is 2. The van der Waals surface area contributed by atoms with Crippen molar-refractivity contribution in [1.82, 2.24) is 9.88 Å². The Bertz CT molecular complexity index is 647. The summed E-state index contributed by atoms with van der Waals surface area (Å²) in [4.78, 5) is 23.3. The fourth-order valence-corrected chi connectivity index (χ4v) is 2.29. The van der Waals surface area contributed by atoms with Gasteiger partial charge in [-0.2, -0.15) is 0 Å². The summed E-state index contributed by atoms with van der Waals surface area (Å²) in [5.74, 6) is -0.135. The van der Waals surface area contributed by atoms with Crippen molar-refractivity contribution in [1.29, 1.82) is 0 Å². The summed E-state index contributed by atoms with van der Waals surface area (Å²) in [6, 6.07) is 9.19. The maximum Gasteiger partial charge on any atom is 0.251 e. The van der Waals surface area contributed by atoms with E-state index in [9.17, 15) is 9.59 Å². The number of hydrogen-bond acceptors (Lipinski definition) is 2. The van der Waals surface area contributed by atoms with Gasteiger partial charge in [-0.1, -0.05) is 0 Å². The van der Waals surface area contributed by atoms with E-state index >= 15 is 0 Å². The van der Waals surface area contributed by atoms with Crippen molar-refractivity contribution < 1.29 is 9.59 Å². The molecule has 1 aliphatic heterocycles. The van der Waals surface area contributed by atoms with Gasteiger partial charge in [-0.25, -0.2) is 0 Å². The molecular formula is C15H15N3O2. The topological polar surface area (TPSA) is 63.1 Å². The van der Waals surface area contributed by atoms with Crippen molar-refractivity contribution in [2.45, 2.75) is 13.0 Å². The number of nitrogens with one attached hydrogen (secondary N) is 2. The van der Waals surface area contributed by atoms with E-state index in [2.05, 4.69) is 10.6 Å². The Labute approximate surface area is 116 Å². The third kappa shape index (κ3) is 2.56. The number of fused-ring (bicyclic) bond motifs is 1. The van der Waals surface area contributed by atoms with E-state index in [4.69, 9.17) is 0 Å². The highest BCUT2D eigenvalue weighted by Gasteiger charge is 2.18. The van der Waals surface area contributed by atoms with E-state index in [0.29, 0.717) is 18.5 Å². The van der Waals surface area contributed by atoms with Crippen LogP contribution in [0.4, 0.5) is 5.69 Å². The van der Waals surface area contributed by atoms with Gasteiger partial charge in [0.05, 0.1) is 6.42 Å². The van der Waals surface area contributed by atoms with E-state index in [0.717, 1.165) is 17.8 Å². The molecule has 1 aliphatic rings. The summed E-state index contributed by atoms with van der Waals surface area (Å²) in [5.41, 5.74) is 2.28. The number of aromatic nitrogens is 1. The van der Waals surface area contributed by atoms with Crippen molar-refractivity contribution in [3.63, 3.8) is 0 Å². The zero-order valence-corrected chi connectivity index (χ0v) is 10.9. The van der Waals surface area contributed by atoms with Crippen molar-refractivity contribution in [3.8, 4) is 0 Å². The average Bonchev–Trinajstić information content (AvgIpc) is 3.05. The molecule has 0 saturated carbocycles. The monoisotopic (exact) mass is 269 g/mol. The van der Waals surface area contributed by atoms with Gasteiger partial charge in [-0.15, -0.1) is 0 Å². The molecule has 0 radical (unpaired) electrons. The van der Waals surface area contributed by atoms with E-state index in [1.54, 1.807) is 18.2 Å². The zero-order chi connectivity index (χ0) is 13.9. The van der Waals surface area contributed by atoms with Crippen LogP contribution in [0.15, 0.2) is 42.7 Å². The Kier molecular flexibility index (Phi) is 3.25. The zero-order valence-electron chi connectivity index (χ0n) is 10.9. The second-order valence-electron chi connectivity index (χ2n) is 4.77. The average molecular weight is 269 g/mol. The van der Waals surface area contributed by atoms with Crippen LogP contribution in [0.2, 0.25) is 0 Å². The van der Waals surface area contributed by atoms with Crippen LogP contribution in [0.25, 0.3) is 0 Å². The first-order valence-corrected chi connectivity index (χ1v) is 6.54. The van der Waals surface area contributed by atoms with E-state index < -0.39 is 0 Å². The van der Waals surface area contributed by atoms with Gasteiger partial charge in [-0.3, -0.25) is 9.59 Å². The van der Waals surface area contributed by atoms with Crippen LogP contribution < -0.4 is 10.6 Å². The lowest BCUT2D eigenvalue weighted by molar-refractivity contribution is -0.115. The molecule has 0 fully saturated rings. The van der Waals surface area contributed by atoms with E-state index in [-0.39, 0.29) is 11.8 Å². The van der Waals surface area contributed by atoms with Crippen molar-refractivity contribution in [2.75, 3.05) is 11.9 Å². The molecule has 0 bridgehead atoms. The van der Waals surface area contributed by atoms with Gasteiger partial charge in [0.25, 0.3) is 5.91 Å². The quantitative estimate of drug-likeness (QED) is 0.881. The molecule has 0 unspecified atom stereocenters. The highest BCUT2D eigenvalue weighted by molar-refractivity contribution is 6.01. The van der Waals surface area contributed by atoms with Crippen molar-refractivity contribution >= 4 is 17.5 Å². The molecule has 0 saturated heterocycles. The van der Waals surface area contributed by atoms with Crippen LogP contribution in [-0.2, 0) is 17.8 Å². The van der Waals surface area contributed by atoms with Crippen molar-refractivity contribution in [3.05, 3.63) is 53.9 Å². The highest BCUT2D eigenvalue weighted by atomic mass is 16.2. The van der Waals surface area contributed by atoms with Crippen LogP contribution in [0.5, 0.6) is 0 Å². The maximum atomic E-state index is 12.0. The molecule has 0 aliphatic carbocycles. The number of benzene rings is 1. The predicted molar refractivity (Wildman–Crippen MR) is 75.5 cm³/mol. The molecule has 20 heavy (non-hydrogen) atoms. The summed E-state index contributed by atoms with van der Waals surface area (Å²) in [7, 11) is 0. The minimum absolute atomic E-state index is 0.0230. The van der Waals surface area contributed by atoms with E-state index in [1.807, 2.05) is 29.1 Å². The van der Waals surface area contributed by atoms with Gasteiger partial charge in [0.2, 0.25) is 5.91 Å². The molecule has 3 rings (SSSR count). The maximum absolute atomic E-state index is 12.0. The van der Waals surface area contributed by atoms with Crippen LogP contribution in [-0.4, -0.2) is 22.9 Å². The van der Waals surface area contributed by atoms with Crippen LogP contribution in [0.3, 0.4) is 0 Å². The lowest BCUT2D eigenvalue weighted by Gasteiger charge is -2.07. The Morgan fingerprint density at radius 3 is 2.90 bits per heavy atom. The van der Waals surface area contributed by atoms with Gasteiger partial charge < -0.3 is 15.2 Å². The third-order valence-electron chi connectivity index (χ3n) is 3.31. The summed E-state index contributed by atoms with van der Waals surface area (Å²) in [6.07, 6.45) is 4.26. The van der Waals surface area contributed by atoms with Crippen LogP contribution >= 0.6 is 0 Å². The number of nitrogens with zero attached hydrogens (tertiary/aromatic N) is 1. The highest BCUT2D eigenvalue weighted by Crippen LogP contribution is 2.23. The Morgan fingerprint density at radius 1 is 1.30 bits per heavy atom. The minimum Gasteiger partial charge on any atom is -0.353 e. The predicted octanol–water partition coefficient (Wildman–Crippen LogP) is 1.41. The molecule has 1 aromatic carbocycles. The second kappa shape index (κ2) is 5.21. The number of anilines is 1. The molecule has 0 spiro atoms. The number of rotatable bonds is 4. The second-order valence-corrected chi connectivity index (χ2v) is 4.77.